The molecule has 2 rings (SSSR count). The van der Waals surface area contributed by atoms with E-state index >= 15 is 0 Å². The summed E-state index contributed by atoms with van der Waals surface area (Å²) in [7, 11) is 1.77. The summed E-state index contributed by atoms with van der Waals surface area (Å²) in [5.74, 6) is -0.139. The van der Waals surface area contributed by atoms with E-state index in [2.05, 4.69) is 0 Å². The van der Waals surface area contributed by atoms with Crippen molar-refractivity contribution < 1.29 is 4.79 Å². The Labute approximate surface area is 130 Å². The topological polar surface area (TPSA) is 46.3 Å². The van der Waals surface area contributed by atoms with E-state index < -0.39 is 0 Å². The number of benzene rings is 2. The summed E-state index contributed by atoms with van der Waals surface area (Å²) in [5.41, 5.74) is 8.88. The van der Waals surface area contributed by atoms with E-state index in [1.165, 1.54) is 5.56 Å². The van der Waals surface area contributed by atoms with Gasteiger partial charge in [-0.1, -0.05) is 47.5 Å². The number of halogens is 1. The Morgan fingerprint density at radius 1 is 1.19 bits per heavy atom. The highest BCUT2D eigenvalue weighted by atomic mass is 35.5. The van der Waals surface area contributed by atoms with Crippen molar-refractivity contribution in [3.63, 3.8) is 0 Å². The summed E-state index contributed by atoms with van der Waals surface area (Å²) in [6.07, 6.45) is 0. The fourth-order valence-corrected chi connectivity index (χ4v) is 2.36. The minimum Gasteiger partial charge on any atom is -0.398 e. The monoisotopic (exact) mass is 302 g/mol. The van der Waals surface area contributed by atoms with Crippen LogP contribution in [0.15, 0.2) is 42.5 Å². The van der Waals surface area contributed by atoms with Gasteiger partial charge in [0.05, 0.1) is 22.3 Å². The zero-order valence-electron chi connectivity index (χ0n) is 12.4. The van der Waals surface area contributed by atoms with Gasteiger partial charge in [0.15, 0.2) is 0 Å². The fourth-order valence-electron chi connectivity index (χ4n) is 2.15. The number of nitrogens with two attached hydrogens (primary N) is 1. The summed E-state index contributed by atoms with van der Waals surface area (Å²) in [5, 5.41) is 0.311. The summed E-state index contributed by atoms with van der Waals surface area (Å²) in [6.45, 7) is 4.03. The van der Waals surface area contributed by atoms with Crippen molar-refractivity contribution in [2.24, 2.45) is 0 Å². The molecule has 21 heavy (non-hydrogen) atoms. The van der Waals surface area contributed by atoms with Gasteiger partial charge in [-0.2, -0.15) is 0 Å². The van der Waals surface area contributed by atoms with Crippen LogP contribution in [0.2, 0.25) is 5.02 Å². The number of nitrogens with zero attached hydrogens (tertiary/aromatic N) is 1. The van der Waals surface area contributed by atoms with Crippen molar-refractivity contribution in [2.45, 2.75) is 19.9 Å². The zero-order chi connectivity index (χ0) is 15.6. The maximum Gasteiger partial charge on any atom is 0.255 e. The molecule has 1 amide bonds. The number of hydrogen-bond donors (Lipinski definition) is 1. The normalized spacial score (nSPS) is 12.0. The number of rotatable bonds is 3. The highest BCUT2D eigenvalue weighted by Crippen LogP contribution is 2.27. The van der Waals surface area contributed by atoms with Crippen LogP contribution in [0.5, 0.6) is 0 Å². The van der Waals surface area contributed by atoms with E-state index in [4.69, 9.17) is 17.3 Å². The average Bonchev–Trinajstić information content (AvgIpc) is 2.48. The smallest absolute Gasteiger partial charge is 0.255 e. The number of hydrogen-bond acceptors (Lipinski definition) is 2. The largest absolute Gasteiger partial charge is 0.398 e. The van der Waals surface area contributed by atoms with Gasteiger partial charge in [-0.3, -0.25) is 4.79 Å². The minimum atomic E-state index is -0.139. The molecule has 0 aliphatic rings. The molecule has 1 atom stereocenters. The van der Waals surface area contributed by atoms with Crippen LogP contribution in [0.3, 0.4) is 0 Å². The van der Waals surface area contributed by atoms with Crippen molar-refractivity contribution in [3.05, 3.63) is 64.2 Å². The molecule has 110 valence electrons. The lowest BCUT2D eigenvalue weighted by atomic mass is 10.0. The maximum absolute atomic E-state index is 12.6. The standard InChI is InChI=1S/C17H19ClN2O/c1-11-7-9-13(10-8-11)12(2)20(3)17(21)14-5-4-6-15(19)16(14)18/h4-10,12H,19H2,1-3H3. The first kappa shape index (κ1) is 15.4. The maximum atomic E-state index is 12.6. The molecule has 0 spiro atoms. The van der Waals surface area contributed by atoms with E-state index in [0.29, 0.717) is 16.3 Å². The molecular formula is C17H19ClN2O. The van der Waals surface area contributed by atoms with Crippen LogP contribution in [0.1, 0.15) is 34.5 Å². The predicted octanol–water partition coefficient (Wildman–Crippen LogP) is 4.06. The van der Waals surface area contributed by atoms with Crippen LogP contribution in [-0.2, 0) is 0 Å². The van der Waals surface area contributed by atoms with Crippen LogP contribution < -0.4 is 5.73 Å². The highest BCUT2D eigenvalue weighted by Gasteiger charge is 2.21. The molecule has 3 nitrogen and oxygen atoms in total. The van der Waals surface area contributed by atoms with Crippen LogP contribution in [-0.4, -0.2) is 17.9 Å². The van der Waals surface area contributed by atoms with E-state index in [1.54, 1.807) is 30.1 Å². The molecule has 2 N–H and O–H groups in total. The van der Waals surface area contributed by atoms with E-state index in [9.17, 15) is 4.79 Å². The lowest BCUT2D eigenvalue weighted by Crippen LogP contribution is -2.30. The van der Waals surface area contributed by atoms with Gasteiger partial charge < -0.3 is 10.6 Å². The second-order valence-electron chi connectivity index (χ2n) is 5.21. The van der Waals surface area contributed by atoms with Gasteiger partial charge in [0.1, 0.15) is 0 Å². The molecule has 0 aromatic heterocycles. The van der Waals surface area contributed by atoms with E-state index in [0.717, 1.165) is 5.56 Å². The number of amides is 1. The molecule has 1 unspecified atom stereocenters. The molecule has 0 aliphatic heterocycles. The minimum absolute atomic E-state index is 0.0457. The lowest BCUT2D eigenvalue weighted by Gasteiger charge is -2.26. The Hall–Kier alpha value is -2.00. The summed E-state index contributed by atoms with van der Waals surface area (Å²) in [6, 6.07) is 13.2. The van der Waals surface area contributed by atoms with Gasteiger partial charge in [0.2, 0.25) is 0 Å². The number of carbonyl (C=O) groups excluding carboxylic acids is 1. The van der Waals surface area contributed by atoms with Gasteiger partial charge in [-0.05, 0) is 31.5 Å². The third kappa shape index (κ3) is 3.19. The average molecular weight is 303 g/mol. The van der Waals surface area contributed by atoms with Crippen molar-refractivity contribution in [3.8, 4) is 0 Å². The van der Waals surface area contributed by atoms with Gasteiger partial charge in [-0.15, -0.1) is 0 Å². The molecule has 0 aliphatic carbocycles. The number of nitrogen functional groups attached to an aromatic ring is 1. The first-order valence-corrected chi connectivity index (χ1v) is 7.17. The molecule has 2 aromatic rings. The Morgan fingerprint density at radius 3 is 2.43 bits per heavy atom. The second kappa shape index (κ2) is 6.19. The van der Waals surface area contributed by atoms with Crippen molar-refractivity contribution in [1.82, 2.24) is 4.90 Å². The fraction of sp³-hybridized carbons (Fsp3) is 0.235. The second-order valence-corrected chi connectivity index (χ2v) is 5.59. The molecule has 0 radical (unpaired) electrons. The van der Waals surface area contributed by atoms with Gasteiger partial charge >= 0.3 is 0 Å². The molecular weight excluding hydrogens is 284 g/mol. The first-order valence-electron chi connectivity index (χ1n) is 6.79. The quantitative estimate of drug-likeness (QED) is 0.869. The number of aryl methyl sites for hydroxylation is 1. The first-order chi connectivity index (χ1) is 9.91. The van der Waals surface area contributed by atoms with Crippen LogP contribution >= 0.6 is 11.6 Å². The van der Waals surface area contributed by atoms with Gasteiger partial charge in [0, 0.05) is 7.05 Å². The van der Waals surface area contributed by atoms with Crippen molar-refractivity contribution >= 4 is 23.2 Å². The van der Waals surface area contributed by atoms with Crippen LogP contribution in [0, 0.1) is 6.92 Å². The molecule has 0 fully saturated rings. The third-order valence-electron chi connectivity index (χ3n) is 3.72. The Morgan fingerprint density at radius 2 is 1.81 bits per heavy atom. The molecule has 0 heterocycles. The van der Waals surface area contributed by atoms with Gasteiger partial charge in [0.25, 0.3) is 5.91 Å². The Balaban J connectivity index is 2.26. The number of carbonyl (C=O) groups is 1. The summed E-state index contributed by atoms with van der Waals surface area (Å²) < 4.78 is 0. The van der Waals surface area contributed by atoms with Crippen molar-refractivity contribution in [2.75, 3.05) is 12.8 Å². The molecule has 0 bridgehead atoms. The van der Waals surface area contributed by atoms with E-state index in [-0.39, 0.29) is 11.9 Å². The lowest BCUT2D eigenvalue weighted by molar-refractivity contribution is 0.0743. The third-order valence-corrected chi connectivity index (χ3v) is 4.14. The molecule has 0 saturated heterocycles. The van der Waals surface area contributed by atoms with E-state index in [1.807, 2.05) is 38.1 Å². The number of anilines is 1. The summed E-state index contributed by atoms with van der Waals surface area (Å²) in [4.78, 5) is 14.3. The molecule has 0 saturated carbocycles. The molecule has 2 aromatic carbocycles. The SMILES string of the molecule is Cc1ccc(C(C)N(C)C(=O)c2cccc(N)c2Cl)cc1. The Bertz CT molecular complexity index is 652. The summed E-state index contributed by atoms with van der Waals surface area (Å²) >= 11 is 6.13. The van der Waals surface area contributed by atoms with Crippen LogP contribution in [0.25, 0.3) is 0 Å². The van der Waals surface area contributed by atoms with Gasteiger partial charge in [-0.25, -0.2) is 0 Å². The predicted molar refractivity (Wildman–Crippen MR) is 87.6 cm³/mol. The highest BCUT2D eigenvalue weighted by molar-refractivity contribution is 6.36. The van der Waals surface area contributed by atoms with Crippen LogP contribution in [0.4, 0.5) is 5.69 Å². The molecule has 4 heteroatoms. The Kier molecular flexibility index (Phi) is 4.53. The zero-order valence-corrected chi connectivity index (χ0v) is 13.2. The van der Waals surface area contributed by atoms with Crippen molar-refractivity contribution in [1.29, 1.82) is 0 Å².